The molecule has 0 radical (unpaired) electrons. The molecule has 1 unspecified atom stereocenters. The van der Waals surface area contributed by atoms with E-state index >= 15 is 0 Å². The Morgan fingerprint density at radius 3 is 2.78 bits per heavy atom. The Morgan fingerprint density at radius 2 is 2.22 bits per heavy atom. The first kappa shape index (κ1) is 12.8. The first-order valence-electron chi connectivity index (χ1n) is 6.09. The van der Waals surface area contributed by atoms with Gasteiger partial charge in [-0.15, -0.1) is 0 Å². The molecular formula is C12H19N5O. The van der Waals surface area contributed by atoms with E-state index in [2.05, 4.69) is 27.5 Å². The van der Waals surface area contributed by atoms with Gasteiger partial charge in [0.05, 0.1) is 5.69 Å². The maximum atomic E-state index is 4.93. The van der Waals surface area contributed by atoms with E-state index in [0.29, 0.717) is 5.89 Å². The molecule has 6 nitrogen and oxygen atoms in total. The molecule has 0 saturated heterocycles. The standard InChI is InChI=1S/C12H19N5O/c1-8(11-7-17(4)15-9(11)2)13-6-5-12-14-10(3)18-16-12/h7-8,13H,5-6H2,1-4H3. The van der Waals surface area contributed by atoms with Crippen LogP contribution in [-0.4, -0.2) is 26.5 Å². The van der Waals surface area contributed by atoms with Crippen molar-refractivity contribution in [3.63, 3.8) is 0 Å². The average Bonchev–Trinajstić information content (AvgIpc) is 2.85. The van der Waals surface area contributed by atoms with E-state index in [4.69, 9.17) is 4.52 Å². The summed E-state index contributed by atoms with van der Waals surface area (Å²) in [5.41, 5.74) is 2.29. The second kappa shape index (κ2) is 5.30. The van der Waals surface area contributed by atoms with Crippen molar-refractivity contribution in [1.82, 2.24) is 25.2 Å². The van der Waals surface area contributed by atoms with Crippen LogP contribution in [0.4, 0.5) is 0 Å². The highest BCUT2D eigenvalue weighted by Gasteiger charge is 2.11. The molecule has 98 valence electrons. The Hall–Kier alpha value is -1.69. The SMILES string of the molecule is Cc1nc(CCNC(C)c2cn(C)nc2C)no1. The van der Waals surface area contributed by atoms with Crippen molar-refractivity contribution in [3.8, 4) is 0 Å². The van der Waals surface area contributed by atoms with Gasteiger partial charge in [-0.05, 0) is 13.8 Å². The van der Waals surface area contributed by atoms with Crippen molar-refractivity contribution < 1.29 is 4.52 Å². The molecule has 0 amide bonds. The Balaban J connectivity index is 1.85. The molecule has 0 aliphatic rings. The average molecular weight is 249 g/mol. The van der Waals surface area contributed by atoms with E-state index in [9.17, 15) is 0 Å². The van der Waals surface area contributed by atoms with Crippen LogP contribution in [0.2, 0.25) is 0 Å². The first-order chi connectivity index (χ1) is 8.56. The van der Waals surface area contributed by atoms with E-state index in [1.54, 1.807) is 6.92 Å². The lowest BCUT2D eigenvalue weighted by Gasteiger charge is -2.11. The van der Waals surface area contributed by atoms with Crippen molar-refractivity contribution in [2.24, 2.45) is 7.05 Å². The molecule has 0 fully saturated rings. The van der Waals surface area contributed by atoms with Crippen LogP contribution in [0.1, 0.15) is 35.9 Å². The number of nitrogens with one attached hydrogen (secondary N) is 1. The fourth-order valence-electron chi connectivity index (χ4n) is 2.00. The molecular weight excluding hydrogens is 230 g/mol. The second-order valence-corrected chi connectivity index (χ2v) is 4.50. The Kier molecular flexibility index (Phi) is 3.76. The summed E-state index contributed by atoms with van der Waals surface area (Å²) in [6, 6.07) is 0.270. The maximum absolute atomic E-state index is 4.93. The lowest BCUT2D eigenvalue weighted by molar-refractivity contribution is 0.386. The maximum Gasteiger partial charge on any atom is 0.223 e. The van der Waals surface area contributed by atoms with Crippen molar-refractivity contribution in [2.75, 3.05) is 6.54 Å². The molecule has 2 heterocycles. The molecule has 2 aromatic heterocycles. The number of nitrogens with zero attached hydrogens (tertiary/aromatic N) is 4. The quantitative estimate of drug-likeness (QED) is 0.865. The summed E-state index contributed by atoms with van der Waals surface area (Å²) in [5, 5.41) is 11.6. The zero-order valence-corrected chi connectivity index (χ0v) is 11.3. The van der Waals surface area contributed by atoms with Gasteiger partial charge in [0, 0.05) is 44.7 Å². The molecule has 18 heavy (non-hydrogen) atoms. The van der Waals surface area contributed by atoms with Gasteiger partial charge in [-0.2, -0.15) is 10.1 Å². The van der Waals surface area contributed by atoms with Crippen LogP contribution in [0.25, 0.3) is 0 Å². The fourth-order valence-corrected chi connectivity index (χ4v) is 2.00. The van der Waals surface area contributed by atoms with Crippen LogP contribution in [-0.2, 0) is 13.5 Å². The van der Waals surface area contributed by atoms with E-state index < -0.39 is 0 Å². The van der Waals surface area contributed by atoms with Crippen LogP contribution < -0.4 is 5.32 Å². The van der Waals surface area contributed by atoms with Gasteiger partial charge < -0.3 is 9.84 Å². The number of hydrogen-bond donors (Lipinski definition) is 1. The van der Waals surface area contributed by atoms with Crippen LogP contribution in [0.5, 0.6) is 0 Å². The van der Waals surface area contributed by atoms with E-state index in [-0.39, 0.29) is 6.04 Å². The van der Waals surface area contributed by atoms with Crippen molar-refractivity contribution in [3.05, 3.63) is 29.2 Å². The highest BCUT2D eigenvalue weighted by atomic mass is 16.5. The Bertz CT molecular complexity index is 516. The first-order valence-corrected chi connectivity index (χ1v) is 6.09. The van der Waals surface area contributed by atoms with Crippen molar-refractivity contribution in [1.29, 1.82) is 0 Å². The topological polar surface area (TPSA) is 68.8 Å². The summed E-state index contributed by atoms with van der Waals surface area (Å²) >= 11 is 0. The number of hydrogen-bond acceptors (Lipinski definition) is 5. The summed E-state index contributed by atoms with van der Waals surface area (Å²) in [7, 11) is 1.94. The highest BCUT2D eigenvalue weighted by Crippen LogP contribution is 2.15. The van der Waals surface area contributed by atoms with Crippen LogP contribution in [0, 0.1) is 13.8 Å². The van der Waals surface area contributed by atoms with Crippen molar-refractivity contribution >= 4 is 0 Å². The zero-order valence-electron chi connectivity index (χ0n) is 11.3. The number of rotatable bonds is 5. The molecule has 0 saturated carbocycles. The monoisotopic (exact) mass is 249 g/mol. The van der Waals surface area contributed by atoms with Crippen LogP contribution in [0.3, 0.4) is 0 Å². The second-order valence-electron chi connectivity index (χ2n) is 4.50. The van der Waals surface area contributed by atoms with Crippen molar-refractivity contribution in [2.45, 2.75) is 33.2 Å². The molecule has 0 spiro atoms. The van der Waals surface area contributed by atoms with Crippen LogP contribution >= 0.6 is 0 Å². The molecule has 2 rings (SSSR count). The summed E-state index contributed by atoms with van der Waals surface area (Å²) in [4.78, 5) is 4.17. The summed E-state index contributed by atoms with van der Waals surface area (Å²) < 4.78 is 6.77. The molecule has 0 aromatic carbocycles. The summed E-state index contributed by atoms with van der Waals surface area (Å²) in [6.45, 7) is 6.77. The van der Waals surface area contributed by atoms with E-state index in [0.717, 1.165) is 24.5 Å². The molecule has 0 aliphatic heterocycles. The third kappa shape index (κ3) is 2.95. The molecule has 0 aliphatic carbocycles. The lowest BCUT2D eigenvalue weighted by atomic mass is 10.1. The normalized spacial score (nSPS) is 12.9. The van der Waals surface area contributed by atoms with Gasteiger partial charge in [-0.1, -0.05) is 5.16 Å². The largest absolute Gasteiger partial charge is 0.340 e. The van der Waals surface area contributed by atoms with Gasteiger partial charge in [0.25, 0.3) is 0 Å². The minimum atomic E-state index is 0.270. The minimum absolute atomic E-state index is 0.270. The third-order valence-electron chi connectivity index (χ3n) is 2.89. The smallest absolute Gasteiger partial charge is 0.223 e. The van der Waals surface area contributed by atoms with Crippen LogP contribution in [0.15, 0.2) is 10.7 Å². The van der Waals surface area contributed by atoms with Gasteiger partial charge in [0.1, 0.15) is 0 Å². The zero-order chi connectivity index (χ0) is 13.1. The molecule has 6 heteroatoms. The molecule has 1 N–H and O–H groups in total. The predicted octanol–water partition coefficient (Wildman–Crippen LogP) is 1.31. The van der Waals surface area contributed by atoms with Gasteiger partial charge in [-0.3, -0.25) is 4.68 Å². The highest BCUT2D eigenvalue weighted by molar-refractivity contribution is 5.19. The summed E-state index contributed by atoms with van der Waals surface area (Å²) in [5.74, 6) is 1.36. The third-order valence-corrected chi connectivity index (χ3v) is 2.89. The van der Waals surface area contributed by atoms with E-state index in [1.807, 2.05) is 24.9 Å². The number of aryl methyl sites for hydroxylation is 3. The number of aromatic nitrogens is 4. The minimum Gasteiger partial charge on any atom is -0.340 e. The van der Waals surface area contributed by atoms with Gasteiger partial charge in [0.2, 0.25) is 5.89 Å². The van der Waals surface area contributed by atoms with Gasteiger partial charge in [0.15, 0.2) is 5.82 Å². The fraction of sp³-hybridized carbons (Fsp3) is 0.583. The Labute approximate surface area is 106 Å². The lowest BCUT2D eigenvalue weighted by Crippen LogP contribution is -2.22. The summed E-state index contributed by atoms with van der Waals surface area (Å²) in [6.07, 6.45) is 2.81. The molecule has 0 bridgehead atoms. The van der Waals surface area contributed by atoms with Gasteiger partial charge >= 0.3 is 0 Å². The Morgan fingerprint density at radius 1 is 1.44 bits per heavy atom. The predicted molar refractivity (Wildman–Crippen MR) is 67.1 cm³/mol. The van der Waals surface area contributed by atoms with E-state index in [1.165, 1.54) is 5.56 Å². The molecule has 1 atom stereocenters. The van der Waals surface area contributed by atoms with Gasteiger partial charge in [-0.25, -0.2) is 0 Å². The molecule has 2 aromatic rings.